The fraction of sp³-hybridized carbons (Fsp3) is 0.0769. The van der Waals surface area contributed by atoms with Crippen LogP contribution >= 0.6 is 0 Å². The largest absolute Gasteiger partial charge is 0.478 e. The molecule has 0 fully saturated rings. The van der Waals surface area contributed by atoms with E-state index in [0.717, 1.165) is 0 Å². The Labute approximate surface area is 121 Å². The fourth-order valence-electron chi connectivity index (χ4n) is 1.75. The van der Waals surface area contributed by atoms with Crippen molar-refractivity contribution in [2.45, 2.75) is 11.4 Å². The number of pyridine rings is 1. The van der Waals surface area contributed by atoms with Crippen LogP contribution in [0.3, 0.4) is 0 Å². The number of rotatable bonds is 5. The van der Waals surface area contributed by atoms with E-state index in [9.17, 15) is 13.2 Å². The van der Waals surface area contributed by atoms with Gasteiger partial charge in [0.2, 0.25) is 10.0 Å². The first kappa shape index (κ1) is 14.9. The first-order valence-corrected chi connectivity index (χ1v) is 7.46. The van der Waals surface area contributed by atoms with Gasteiger partial charge < -0.3 is 10.4 Å². The smallest absolute Gasteiger partial charge is 0.335 e. The van der Waals surface area contributed by atoms with Gasteiger partial charge in [0.15, 0.2) is 0 Å². The van der Waals surface area contributed by atoms with E-state index in [4.69, 9.17) is 10.2 Å². The summed E-state index contributed by atoms with van der Waals surface area (Å²) >= 11 is 0. The molecular formula is C13H13N3O4S. The number of anilines is 1. The summed E-state index contributed by atoms with van der Waals surface area (Å²) in [6.45, 7) is 0.174. The van der Waals surface area contributed by atoms with Crippen LogP contribution in [0.4, 0.5) is 5.69 Å². The highest BCUT2D eigenvalue weighted by molar-refractivity contribution is 7.89. The summed E-state index contributed by atoms with van der Waals surface area (Å²) in [6.07, 6.45) is 1.38. The van der Waals surface area contributed by atoms with Gasteiger partial charge in [0.05, 0.1) is 23.5 Å². The molecule has 0 spiro atoms. The maximum absolute atomic E-state index is 11.5. The van der Waals surface area contributed by atoms with Crippen LogP contribution in [0.15, 0.2) is 47.5 Å². The van der Waals surface area contributed by atoms with Gasteiger partial charge in [-0.05, 0) is 24.3 Å². The Balaban J connectivity index is 2.21. The first-order valence-electron chi connectivity index (χ1n) is 5.92. The highest BCUT2D eigenvalue weighted by Crippen LogP contribution is 2.19. The van der Waals surface area contributed by atoms with Crippen molar-refractivity contribution in [1.82, 2.24) is 4.98 Å². The molecule has 2 aromatic rings. The van der Waals surface area contributed by atoms with Crippen molar-refractivity contribution >= 4 is 21.7 Å². The Bertz CT molecular complexity index is 774. The number of nitrogens with one attached hydrogen (secondary N) is 1. The molecule has 2 rings (SSSR count). The normalized spacial score (nSPS) is 11.1. The molecular weight excluding hydrogens is 294 g/mol. The van der Waals surface area contributed by atoms with Crippen LogP contribution in [0.1, 0.15) is 16.1 Å². The van der Waals surface area contributed by atoms with E-state index in [1.807, 2.05) is 0 Å². The van der Waals surface area contributed by atoms with Crippen molar-refractivity contribution in [3.05, 3.63) is 53.9 Å². The van der Waals surface area contributed by atoms with Crippen molar-refractivity contribution in [2.24, 2.45) is 5.14 Å². The second-order valence-electron chi connectivity index (χ2n) is 4.24. The van der Waals surface area contributed by atoms with E-state index in [-0.39, 0.29) is 17.0 Å². The van der Waals surface area contributed by atoms with Crippen molar-refractivity contribution in [3.8, 4) is 0 Å². The Hall–Kier alpha value is -2.45. The minimum Gasteiger partial charge on any atom is -0.478 e. The molecule has 110 valence electrons. The summed E-state index contributed by atoms with van der Waals surface area (Å²) in [6, 6.07) is 8.98. The maximum Gasteiger partial charge on any atom is 0.335 e. The van der Waals surface area contributed by atoms with E-state index in [1.165, 1.54) is 24.4 Å². The van der Waals surface area contributed by atoms with Crippen molar-refractivity contribution in [3.63, 3.8) is 0 Å². The lowest BCUT2D eigenvalue weighted by Crippen LogP contribution is -2.15. The lowest BCUT2D eigenvalue weighted by molar-refractivity contribution is 0.0696. The van der Waals surface area contributed by atoms with E-state index in [0.29, 0.717) is 11.4 Å². The number of nitrogens with two attached hydrogens (primary N) is 1. The number of nitrogens with zero attached hydrogens (tertiary/aromatic N) is 1. The predicted octanol–water partition coefficient (Wildman–Crippen LogP) is 1.04. The number of carboxylic acid groups (broad SMARTS) is 1. The molecule has 0 unspecified atom stereocenters. The molecule has 0 radical (unpaired) electrons. The van der Waals surface area contributed by atoms with Gasteiger partial charge in [0, 0.05) is 6.20 Å². The zero-order valence-electron chi connectivity index (χ0n) is 10.9. The molecule has 1 heterocycles. The Morgan fingerprint density at radius 1 is 1.29 bits per heavy atom. The summed E-state index contributed by atoms with van der Waals surface area (Å²) in [5.41, 5.74) is 0.920. The van der Waals surface area contributed by atoms with Crippen LogP contribution in [0, 0.1) is 0 Å². The fourth-order valence-corrected chi connectivity index (χ4v) is 2.47. The van der Waals surface area contributed by atoms with Crippen LogP contribution in [0.2, 0.25) is 0 Å². The number of para-hydroxylation sites is 1. The van der Waals surface area contributed by atoms with Crippen molar-refractivity contribution in [2.75, 3.05) is 5.32 Å². The van der Waals surface area contributed by atoms with E-state index < -0.39 is 16.0 Å². The van der Waals surface area contributed by atoms with Gasteiger partial charge in [-0.3, -0.25) is 4.98 Å². The number of sulfonamides is 1. The van der Waals surface area contributed by atoms with E-state index in [2.05, 4.69) is 10.3 Å². The van der Waals surface area contributed by atoms with Gasteiger partial charge in [-0.1, -0.05) is 12.1 Å². The van der Waals surface area contributed by atoms with Crippen molar-refractivity contribution in [1.29, 1.82) is 0 Å². The average Bonchev–Trinajstić information content (AvgIpc) is 2.45. The van der Waals surface area contributed by atoms with Crippen LogP contribution in [-0.2, 0) is 16.6 Å². The summed E-state index contributed by atoms with van der Waals surface area (Å²) in [5, 5.41) is 16.9. The number of primary sulfonamides is 1. The van der Waals surface area contributed by atoms with Gasteiger partial charge >= 0.3 is 5.97 Å². The summed E-state index contributed by atoms with van der Waals surface area (Å²) in [7, 11) is -3.84. The number of aromatic nitrogens is 1. The Morgan fingerprint density at radius 2 is 2.00 bits per heavy atom. The number of carboxylic acids is 1. The number of carbonyl (C=O) groups is 1. The van der Waals surface area contributed by atoms with Crippen LogP contribution < -0.4 is 10.5 Å². The van der Waals surface area contributed by atoms with Crippen LogP contribution in [0.25, 0.3) is 0 Å². The third-order valence-electron chi connectivity index (χ3n) is 2.72. The number of hydrogen-bond donors (Lipinski definition) is 3. The molecule has 8 heteroatoms. The molecule has 0 bridgehead atoms. The Morgan fingerprint density at radius 3 is 2.67 bits per heavy atom. The molecule has 0 atom stereocenters. The molecule has 7 nitrogen and oxygen atoms in total. The molecule has 4 N–H and O–H groups in total. The Kier molecular flexibility index (Phi) is 4.20. The third kappa shape index (κ3) is 3.77. The maximum atomic E-state index is 11.5. The highest BCUT2D eigenvalue weighted by Gasteiger charge is 2.13. The molecule has 0 aliphatic carbocycles. The number of aromatic carboxylic acids is 1. The zero-order chi connectivity index (χ0) is 15.5. The third-order valence-corrected chi connectivity index (χ3v) is 3.69. The molecule has 0 aliphatic rings. The molecule has 0 saturated heterocycles. The van der Waals surface area contributed by atoms with Crippen LogP contribution in [0.5, 0.6) is 0 Å². The van der Waals surface area contributed by atoms with Gasteiger partial charge in [-0.2, -0.15) is 0 Å². The monoisotopic (exact) mass is 307 g/mol. The van der Waals surface area contributed by atoms with E-state index >= 15 is 0 Å². The predicted molar refractivity (Wildman–Crippen MR) is 76.3 cm³/mol. The van der Waals surface area contributed by atoms with Crippen LogP contribution in [-0.4, -0.2) is 24.5 Å². The second kappa shape index (κ2) is 5.90. The number of benzene rings is 1. The molecule has 1 aromatic carbocycles. The standard InChI is InChI=1S/C13H13N3O4S/c14-21(19,20)12-4-2-1-3-11(12)16-8-10-7-9(13(17)18)5-6-15-10/h1-7,16H,8H2,(H,17,18)(H2,14,19,20). The lowest BCUT2D eigenvalue weighted by atomic mass is 10.2. The topological polar surface area (TPSA) is 122 Å². The summed E-state index contributed by atoms with van der Waals surface area (Å²) in [5.74, 6) is -1.05. The summed E-state index contributed by atoms with van der Waals surface area (Å²) in [4.78, 5) is 14.9. The minimum absolute atomic E-state index is 0.0283. The quantitative estimate of drug-likeness (QED) is 0.758. The van der Waals surface area contributed by atoms with E-state index in [1.54, 1.807) is 18.2 Å². The first-order chi connectivity index (χ1) is 9.88. The molecule has 1 aromatic heterocycles. The lowest BCUT2D eigenvalue weighted by Gasteiger charge is -2.10. The molecule has 0 aliphatic heterocycles. The molecule has 0 saturated carbocycles. The van der Waals surface area contributed by atoms with Gasteiger partial charge in [-0.25, -0.2) is 18.4 Å². The number of hydrogen-bond acceptors (Lipinski definition) is 5. The second-order valence-corrected chi connectivity index (χ2v) is 5.77. The minimum atomic E-state index is -3.84. The SMILES string of the molecule is NS(=O)(=O)c1ccccc1NCc1cc(C(=O)O)ccn1. The zero-order valence-corrected chi connectivity index (χ0v) is 11.7. The van der Waals surface area contributed by atoms with Gasteiger partial charge in [-0.15, -0.1) is 0 Å². The average molecular weight is 307 g/mol. The molecule has 0 amide bonds. The van der Waals surface area contributed by atoms with Crippen molar-refractivity contribution < 1.29 is 18.3 Å². The summed E-state index contributed by atoms with van der Waals surface area (Å²) < 4.78 is 22.9. The molecule has 21 heavy (non-hydrogen) atoms. The van der Waals surface area contributed by atoms with Gasteiger partial charge in [0.1, 0.15) is 4.90 Å². The van der Waals surface area contributed by atoms with Gasteiger partial charge in [0.25, 0.3) is 0 Å². The highest BCUT2D eigenvalue weighted by atomic mass is 32.2.